The van der Waals surface area contributed by atoms with E-state index in [-0.39, 0.29) is 5.82 Å². The summed E-state index contributed by atoms with van der Waals surface area (Å²) in [7, 11) is 0. The van der Waals surface area contributed by atoms with Crippen molar-refractivity contribution >= 4 is 5.82 Å². The number of halogens is 1. The van der Waals surface area contributed by atoms with Crippen LogP contribution in [0.3, 0.4) is 0 Å². The van der Waals surface area contributed by atoms with Crippen LogP contribution in [0.2, 0.25) is 0 Å². The van der Waals surface area contributed by atoms with E-state index in [4.69, 9.17) is 0 Å². The minimum Gasteiger partial charge on any atom is -0.366 e. The van der Waals surface area contributed by atoms with E-state index in [2.05, 4.69) is 20.5 Å². The van der Waals surface area contributed by atoms with Crippen molar-refractivity contribution in [1.82, 2.24) is 15.2 Å². The Morgan fingerprint density at radius 1 is 1.38 bits per heavy atom. The first-order valence-electron chi connectivity index (χ1n) is 5.02. The van der Waals surface area contributed by atoms with Gasteiger partial charge in [0.15, 0.2) is 0 Å². The molecule has 2 heterocycles. The molecule has 0 fully saturated rings. The van der Waals surface area contributed by atoms with E-state index in [1.807, 2.05) is 13.8 Å². The minimum absolute atomic E-state index is 0.332. The number of aromatic amines is 1. The maximum absolute atomic E-state index is 12.6. The predicted octanol–water partition coefficient (Wildman–Crippen LogP) is 2.17. The monoisotopic (exact) mass is 220 g/mol. The molecule has 0 aliphatic heterocycles. The van der Waals surface area contributed by atoms with Gasteiger partial charge in [-0.2, -0.15) is 5.10 Å². The molecule has 2 rings (SSSR count). The number of pyridine rings is 1. The number of H-pyrrole nitrogens is 1. The average molecular weight is 220 g/mol. The first kappa shape index (κ1) is 10.6. The summed E-state index contributed by atoms with van der Waals surface area (Å²) in [6.45, 7) is 4.54. The number of nitrogens with one attached hydrogen (secondary N) is 2. The van der Waals surface area contributed by atoms with Crippen molar-refractivity contribution in [1.29, 1.82) is 0 Å². The molecule has 0 unspecified atom stereocenters. The Morgan fingerprint density at radius 3 is 2.75 bits per heavy atom. The molecule has 0 aromatic carbocycles. The molecule has 16 heavy (non-hydrogen) atoms. The number of anilines is 1. The summed E-state index contributed by atoms with van der Waals surface area (Å²) in [6, 6.07) is 2.99. The van der Waals surface area contributed by atoms with Crippen LogP contribution in [0.5, 0.6) is 0 Å². The van der Waals surface area contributed by atoms with Crippen LogP contribution in [0.15, 0.2) is 18.3 Å². The lowest BCUT2D eigenvalue weighted by Crippen LogP contribution is -2.03. The highest BCUT2D eigenvalue weighted by Gasteiger charge is 2.05. The van der Waals surface area contributed by atoms with Crippen LogP contribution in [0, 0.1) is 19.7 Å². The summed E-state index contributed by atoms with van der Waals surface area (Å²) >= 11 is 0. The lowest BCUT2D eigenvalue weighted by atomic mass is 10.2. The molecule has 0 spiro atoms. The van der Waals surface area contributed by atoms with Crippen LogP contribution in [0.25, 0.3) is 0 Å². The third-order valence-corrected chi connectivity index (χ3v) is 2.45. The molecule has 0 amide bonds. The summed E-state index contributed by atoms with van der Waals surface area (Å²) in [5, 5.41) is 10.1. The molecule has 0 bridgehead atoms. The zero-order valence-corrected chi connectivity index (χ0v) is 9.21. The van der Waals surface area contributed by atoms with Gasteiger partial charge in [0.1, 0.15) is 11.6 Å². The quantitative estimate of drug-likeness (QED) is 0.833. The highest BCUT2D eigenvalue weighted by atomic mass is 19.1. The number of hydrogen-bond donors (Lipinski definition) is 2. The van der Waals surface area contributed by atoms with Gasteiger partial charge in [0.05, 0.1) is 11.9 Å². The van der Waals surface area contributed by atoms with E-state index in [9.17, 15) is 4.39 Å². The van der Waals surface area contributed by atoms with Gasteiger partial charge in [0, 0.05) is 17.8 Å². The van der Waals surface area contributed by atoms with E-state index in [0.717, 1.165) is 17.0 Å². The second kappa shape index (κ2) is 4.30. The zero-order valence-electron chi connectivity index (χ0n) is 9.21. The number of nitrogens with zero attached hydrogens (tertiary/aromatic N) is 2. The Hall–Kier alpha value is -1.91. The van der Waals surface area contributed by atoms with Crippen molar-refractivity contribution in [2.75, 3.05) is 5.32 Å². The first-order valence-corrected chi connectivity index (χ1v) is 5.02. The van der Waals surface area contributed by atoms with E-state index in [1.165, 1.54) is 12.3 Å². The van der Waals surface area contributed by atoms with Crippen LogP contribution in [-0.4, -0.2) is 15.2 Å². The third kappa shape index (κ3) is 2.18. The fourth-order valence-electron chi connectivity index (χ4n) is 1.49. The van der Waals surface area contributed by atoms with Crippen molar-refractivity contribution < 1.29 is 4.39 Å². The Morgan fingerprint density at radius 2 is 2.19 bits per heavy atom. The Kier molecular flexibility index (Phi) is 2.85. The first-order chi connectivity index (χ1) is 7.66. The van der Waals surface area contributed by atoms with Gasteiger partial charge in [-0.15, -0.1) is 0 Å². The second-order valence-corrected chi connectivity index (χ2v) is 3.63. The molecule has 84 valence electrons. The van der Waals surface area contributed by atoms with Gasteiger partial charge >= 0.3 is 0 Å². The van der Waals surface area contributed by atoms with Crippen molar-refractivity contribution in [3.63, 3.8) is 0 Å². The van der Waals surface area contributed by atoms with Crippen LogP contribution in [-0.2, 0) is 6.54 Å². The van der Waals surface area contributed by atoms with Crippen molar-refractivity contribution in [2.45, 2.75) is 20.4 Å². The molecule has 0 saturated carbocycles. The second-order valence-electron chi connectivity index (χ2n) is 3.63. The van der Waals surface area contributed by atoms with Gasteiger partial charge in [0.25, 0.3) is 0 Å². The zero-order chi connectivity index (χ0) is 11.5. The molecule has 5 heteroatoms. The maximum atomic E-state index is 12.6. The molecule has 2 aromatic heterocycles. The number of aryl methyl sites for hydroxylation is 2. The SMILES string of the molecule is Cc1n[nH]c(C)c1CNc1ccc(F)cn1. The molecule has 2 N–H and O–H groups in total. The predicted molar refractivity (Wildman–Crippen MR) is 59.6 cm³/mol. The van der Waals surface area contributed by atoms with Gasteiger partial charge in [-0.05, 0) is 26.0 Å². The highest BCUT2D eigenvalue weighted by Crippen LogP contribution is 2.12. The van der Waals surface area contributed by atoms with E-state index in [0.29, 0.717) is 12.4 Å². The van der Waals surface area contributed by atoms with Gasteiger partial charge in [-0.1, -0.05) is 0 Å². The van der Waals surface area contributed by atoms with E-state index in [1.54, 1.807) is 6.07 Å². The molecule has 2 aromatic rings. The summed E-state index contributed by atoms with van der Waals surface area (Å²) in [5.74, 6) is 0.322. The topological polar surface area (TPSA) is 53.6 Å². The summed E-state index contributed by atoms with van der Waals surface area (Å²) < 4.78 is 12.6. The number of aromatic nitrogens is 3. The van der Waals surface area contributed by atoms with E-state index >= 15 is 0 Å². The summed E-state index contributed by atoms with van der Waals surface area (Å²) in [4.78, 5) is 3.92. The van der Waals surface area contributed by atoms with Crippen LogP contribution >= 0.6 is 0 Å². The fraction of sp³-hybridized carbons (Fsp3) is 0.273. The molecule has 0 aliphatic carbocycles. The van der Waals surface area contributed by atoms with Crippen LogP contribution in [0.4, 0.5) is 10.2 Å². The van der Waals surface area contributed by atoms with Crippen molar-refractivity contribution in [3.05, 3.63) is 41.1 Å². The molecular formula is C11H13FN4. The van der Waals surface area contributed by atoms with Crippen molar-refractivity contribution in [3.8, 4) is 0 Å². The Balaban J connectivity index is 2.05. The summed E-state index contributed by atoms with van der Waals surface area (Å²) in [5.41, 5.74) is 3.12. The minimum atomic E-state index is -0.332. The number of hydrogen-bond acceptors (Lipinski definition) is 3. The van der Waals surface area contributed by atoms with Gasteiger partial charge in [-0.3, -0.25) is 5.10 Å². The smallest absolute Gasteiger partial charge is 0.141 e. The molecule has 0 radical (unpaired) electrons. The van der Waals surface area contributed by atoms with Gasteiger partial charge in [0.2, 0.25) is 0 Å². The molecule has 0 atom stereocenters. The molecular weight excluding hydrogens is 207 g/mol. The van der Waals surface area contributed by atoms with Gasteiger partial charge < -0.3 is 5.32 Å². The average Bonchev–Trinajstić information content (AvgIpc) is 2.59. The fourth-order valence-corrected chi connectivity index (χ4v) is 1.49. The van der Waals surface area contributed by atoms with Crippen LogP contribution < -0.4 is 5.32 Å². The van der Waals surface area contributed by atoms with E-state index < -0.39 is 0 Å². The third-order valence-electron chi connectivity index (χ3n) is 2.45. The molecule has 0 aliphatic rings. The molecule has 0 saturated heterocycles. The largest absolute Gasteiger partial charge is 0.366 e. The van der Waals surface area contributed by atoms with Crippen molar-refractivity contribution in [2.24, 2.45) is 0 Å². The number of rotatable bonds is 3. The van der Waals surface area contributed by atoms with Gasteiger partial charge in [-0.25, -0.2) is 9.37 Å². The maximum Gasteiger partial charge on any atom is 0.141 e. The Bertz CT molecular complexity index is 456. The summed E-state index contributed by atoms with van der Waals surface area (Å²) in [6.07, 6.45) is 1.19. The lowest BCUT2D eigenvalue weighted by Gasteiger charge is -2.05. The Labute approximate surface area is 92.9 Å². The highest BCUT2D eigenvalue weighted by molar-refractivity contribution is 5.36. The van der Waals surface area contributed by atoms with Crippen LogP contribution in [0.1, 0.15) is 17.0 Å². The lowest BCUT2D eigenvalue weighted by molar-refractivity contribution is 0.621. The molecule has 4 nitrogen and oxygen atoms in total. The normalized spacial score (nSPS) is 10.4. The standard InChI is InChI=1S/C11H13FN4/c1-7-10(8(2)16-15-7)6-14-11-4-3-9(12)5-13-11/h3-5H,6H2,1-2H3,(H,13,14)(H,15,16).